The first-order chi connectivity index (χ1) is 13.0. The predicted octanol–water partition coefficient (Wildman–Crippen LogP) is 4.66. The fraction of sp³-hybridized carbons (Fsp3) is 0.211. The molecule has 0 saturated heterocycles. The molecule has 5 nitrogen and oxygen atoms in total. The number of alkyl halides is 3. The lowest BCUT2D eigenvalue weighted by atomic mass is 10.2. The van der Waals surface area contributed by atoms with Gasteiger partial charge in [0.1, 0.15) is 0 Å². The SMILES string of the molecule is CCN(Cc1ccccc1)c1nncc(Nc2cccc(C(F)(F)F)c2)n1. The average molecular weight is 373 g/mol. The van der Waals surface area contributed by atoms with E-state index in [0.717, 1.165) is 17.7 Å². The molecule has 3 aromatic rings. The molecular weight excluding hydrogens is 355 g/mol. The summed E-state index contributed by atoms with van der Waals surface area (Å²) in [5.74, 6) is 0.726. The number of anilines is 3. The Morgan fingerprint density at radius 3 is 2.52 bits per heavy atom. The van der Waals surface area contributed by atoms with Crippen molar-refractivity contribution in [2.45, 2.75) is 19.6 Å². The van der Waals surface area contributed by atoms with E-state index in [1.165, 1.54) is 12.3 Å². The second kappa shape index (κ2) is 8.03. The summed E-state index contributed by atoms with van der Waals surface area (Å²) in [5.41, 5.74) is 0.649. The van der Waals surface area contributed by atoms with Gasteiger partial charge < -0.3 is 10.2 Å². The number of rotatable bonds is 6. The lowest BCUT2D eigenvalue weighted by Crippen LogP contribution is -2.24. The maximum Gasteiger partial charge on any atom is 0.416 e. The van der Waals surface area contributed by atoms with Crippen LogP contribution in [0.1, 0.15) is 18.1 Å². The smallest absolute Gasteiger partial charge is 0.339 e. The van der Waals surface area contributed by atoms with Crippen molar-refractivity contribution in [1.29, 1.82) is 0 Å². The van der Waals surface area contributed by atoms with Gasteiger partial charge in [0.15, 0.2) is 5.82 Å². The van der Waals surface area contributed by atoms with Crippen molar-refractivity contribution in [3.05, 3.63) is 71.9 Å². The summed E-state index contributed by atoms with van der Waals surface area (Å²) in [6, 6.07) is 14.8. The van der Waals surface area contributed by atoms with Gasteiger partial charge in [-0.05, 0) is 30.7 Å². The number of nitrogens with zero attached hydrogens (tertiary/aromatic N) is 4. The van der Waals surface area contributed by atoms with Crippen LogP contribution in [0.5, 0.6) is 0 Å². The molecule has 0 radical (unpaired) electrons. The number of aromatic nitrogens is 3. The molecule has 0 bridgehead atoms. The molecule has 0 atom stereocenters. The lowest BCUT2D eigenvalue weighted by Gasteiger charge is -2.20. The van der Waals surface area contributed by atoms with E-state index in [2.05, 4.69) is 20.5 Å². The molecule has 0 fully saturated rings. The molecule has 0 unspecified atom stereocenters. The number of benzene rings is 2. The molecule has 3 rings (SSSR count). The number of hydrogen-bond donors (Lipinski definition) is 1. The zero-order chi connectivity index (χ0) is 19.3. The maximum atomic E-state index is 12.9. The molecule has 2 aromatic carbocycles. The monoisotopic (exact) mass is 373 g/mol. The van der Waals surface area contributed by atoms with Crippen LogP contribution in [0.2, 0.25) is 0 Å². The van der Waals surface area contributed by atoms with E-state index in [1.807, 2.05) is 42.2 Å². The third-order valence-corrected chi connectivity index (χ3v) is 3.89. The van der Waals surface area contributed by atoms with Gasteiger partial charge in [-0.2, -0.15) is 23.3 Å². The second-order valence-corrected chi connectivity index (χ2v) is 5.84. The minimum atomic E-state index is -4.40. The molecule has 0 spiro atoms. The molecular formula is C19H18F3N5. The summed E-state index contributed by atoms with van der Waals surface area (Å²) in [6.07, 6.45) is -3.03. The quantitative estimate of drug-likeness (QED) is 0.681. The molecule has 140 valence electrons. The Morgan fingerprint density at radius 2 is 1.81 bits per heavy atom. The van der Waals surface area contributed by atoms with Gasteiger partial charge >= 0.3 is 6.18 Å². The van der Waals surface area contributed by atoms with Crippen molar-refractivity contribution >= 4 is 17.5 Å². The maximum absolute atomic E-state index is 12.9. The van der Waals surface area contributed by atoms with Crippen LogP contribution in [0.3, 0.4) is 0 Å². The lowest BCUT2D eigenvalue weighted by molar-refractivity contribution is -0.137. The van der Waals surface area contributed by atoms with E-state index in [0.29, 0.717) is 24.9 Å². The Kier molecular flexibility index (Phi) is 5.54. The van der Waals surface area contributed by atoms with Crippen LogP contribution in [0.4, 0.5) is 30.6 Å². The van der Waals surface area contributed by atoms with Gasteiger partial charge in [0.2, 0.25) is 5.95 Å². The van der Waals surface area contributed by atoms with Gasteiger partial charge in [-0.15, -0.1) is 5.10 Å². The zero-order valence-corrected chi connectivity index (χ0v) is 14.6. The Hall–Kier alpha value is -3.16. The van der Waals surface area contributed by atoms with Crippen molar-refractivity contribution in [2.75, 3.05) is 16.8 Å². The van der Waals surface area contributed by atoms with Crippen molar-refractivity contribution < 1.29 is 13.2 Å². The van der Waals surface area contributed by atoms with Crippen LogP contribution in [-0.2, 0) is 12.7 Å². The molecule has 0 aliphatic rings. The average Bonchev–Trinajstić information content (AvgIpc) is 2.67. The minimum absolute atomic E-state index is 0.280. The van der Waals surface area contributed by atoms with E-state index in [9.17, 15) is 13.2 Å². The van der Waals surface area contributed by atoms with E-state index in [4.69, 9.17) is 0 Å². The summed E-state index contributed by atoms with van der Waals surface area (Å²) < 4.78 is 38.6. The molecule has 27 heavy (non-hydrogen) atoms. The molecule has 1 N–H and O–H groups in total. The Bertz CT molecular complexity index is 884. The highest BCUT2D eigenvalue weighted by atomic mass is 19.4. The van der Waals surface area contributed by atoms with Crippen LogP contribution in [0, 0.1) is 0 Å². The van der Waals surface area contributed by atoms with Gasteiger partial charge in [0.05, 0.1) is 11.8 Å². The number of nitrogens with one attached hydrogen (secondary N) is 1. The molecule has 1 heterocycles. The topological polar surface area (TPSA) is 53.9 Å². The molecule has 0 amide bonds. The highest BCUT2D eigenvalue weighted by Crippen LogP contribution is 2.31. The standard InChI is InChI=1S/C19H18F3N5/c1-2-27(13-14-7-4-3-5-8-14)18-25-17(12-23-26-18)24-16-10-6-9-15(11-16)19(20,21)22/h3-12H,2,13H2,1H3,(H,24,25,26). The number of halogens is 3. The van der Waals surface area contributed by atoms with Crippen LogP contribution >= 0.6 is 0 Å². The first kappa shape index (κ1) is 18.6. The predicted molar refractivity (Wildman–Crippen MR) is 97.7 cm³/mol. The summed E-state index contributed by atoms with van der Waals surface area (Å²) in [5, 5.41) is 10.8. The van der Waals surface area contributed by atoms with Crippen molar-refractivity contribution in [2.24, 2.45) is 0 Å². The molecule has 0 aliphatic heterocycles. The molecule has 0 saturated carbocycles. The summed E-state index contributed by atoms with van der Waals surface area (Å²) in [6.45, 7) is 3.23. The summed E-state index contributed by atoms with van der Waals surface area (Å²) >= 11 is 0. The van der Waals surface area contributed by atoms with Crippen LogP contribution in [-0.4, -0.2) is 21.7 Å². The van der Waals surface area contributed by atoms with E-state index < -0.39 is 11.7 Å². The van der Waals surface area contributed by atoms with Gasteiger partial charge in [-0.3, -0.25) is 0 Å². The minimum Gasteiger partial charge on any atom is -0.339 e. The second-order valence-electron chi connectivity index (χ2n) is 5.84. The fourth-order valence-corrected chi connectivity index (χ4v) is 2.54. The summed E-state index contributed by atoms with van der Waals surface area (Å²) in [4.78, 5) is 6.32. The summed E-state index contributed by atoms with van der Waals surface area (Å²) in [7, 11) is 0. The molecule has 0 aliphatic carbocycles. The third-order valence-electron chi connectivity index (χ3n) is 3.89. The molecule has 1 aromatic heterocycles. The highest BCUT2D eigenvalue weighted by molar-refractivity contribution is 5.57. The molecule has 8 heteroatoms. The van der Waals surface area contributed by atoms with Crippen LogP contribution in [0.15, 0.2) is 60.8 Å². The van der Waals surface area contributed by atoms with Crippen molar-refractivity contribution in [3.8, 4) is 0 Å². The Morgan fingerprint density at radius 1 is 1.04 bits per heavy atom. The van der Waals surface area contributed by atoms with Crippen molar-refractivity contribution in [3.63, 3.8) is 0 Å². The third kappa shape index (κ3) is 4.93. The fourth-order valence-electron chi connectivity index (χ4n) is 2.54. The zero-order valence-electron chi connectivity index (χ0n) is 14.6. The Balaban J connectivity index is 1.79. The van der Waals surface area contributed by atoms with Gasteiger partial charge in [0.25, 0.3) is 0 Å². The Labute approximate surface area is 154 Å². The van der Waals surface area contributed by atoms with E-state index in [-0.39, 0.29) is 5.69 Å². The van der Waals surface area contributed by atoms with Gasteiger partial charge in [-0.1, -0.05) is 36.4 Å². The normalized spacial score (nSPS) is 11.3. The number of hydrogen-bond acceptors (Lipinski definition) is 5. The van der Waals surface area contributed by atoms with E-state index >= 15 is 0 Å². The first-order valence-corrected chi connectivity index (χ1v) is 8.38. The van der Waals surface area contributed by atoms with Crippen LogP contribution in [0.25, 0.3) is 0 Å². The first-order valence-electron chi connectivity index (χ1n) is 8.38. The van der Waals surface area contributed by atoms with E-state index in [1.54, 1.807) is 6.07 Å². The largest absolute Gasteiger partial charge is 0.416 e. The highest BCUT2D eigenvalue weighted by Gasteiger charge is 2.30. The van der Waals surface area contributed by atoms with Crippen LogP contribution < -0.4 is 10.2 Å². The van der Waals surface area contributed by atoms with Crippen molar-refractivity contribution in [1.82, 2.24) is 15.2 Å². The van der Waals surface area contributed by atoms with Gasteiger partial charge in [0, 0.05) is 18.8 Å². The van der Waals surface area contributed by atoms with Gasteiger partial charge in [-0.25, -0.2) is 0 Å².